The van der Waals surface area contributed by atoms with Gasteiger partial charge in [-0.25, -0.2) is 4.98 Å². The number of carbonyl (C=O) groups excluding carboxylic acids is 1. The lowest BCUT2D eigenvalue weighted by molar-refractivity contribution is -0.141. The second-order valence-corrected chi connectivity index (χ2v) is 11.9. The van der Waals surface area contributed by atoms with E-state index in [2.05, 4.69) is 33.4 Å². The molecule has 0 bridgehead atoms. The average Bonchev–Trinajstić information content (AvgIpc) is 3.30. The van der Waals surface area contributed by atoms with Crippen LogP contribution in [0.3, 0.4) is 0 Å². The molecular weight excluding hydrogens is 559 g/mol. The molecule has 6 rings (SSSR count). The summed E-state index contributed by atoms with van der Waals surface area (Å²) in [5, 5.41) is 4.53. The molecule has 3 fully saturated rings. The van der Waals surface area contributed by atoms with Gasteiger partial charge in [0.15, 0.2) is 5.69 Å². The molecule has 9 nitrogen and oxygen atoms in total. The van der Waals surface area contributed by atoms with E-state index in [0.717, 1.165) is 31.5 Å². The van der Waals surface area contributed by atoms with E-state index in [-0.39, 0.29) is 29.5 Å². The number of rotatable bonds is 7. The second kappa shape index (κ2) is 12.0. The number of hydrogen-bond donors (Lipinski definition) is 0. The lowest BCUT2D eigenvalue weighted by Gasteiger charge is -2.55. The number of aromatic nitrogens is 3. The van der Waals surface area contributed by atoms with Gasteiger partial charge in [-0.15, -0.1) is 0 Å². The molecule has 0 saturated carbocycles. The summed E-state index contributed by atoms with van der Waals surface area (Å²) in [6, 6.07) is 2.18. The number of piperidine rings is 1. The zero-order chi connectivity index (χ0) is 30.3. The molecule has 0 spiro atoms. The van der Waals surface area contributed by atoms with E-state index in [1.165, 1.54) is 11.8 Å². The lowest BCUT2D eigenvalue weighted by atomic mass is 9.90. The van der Waals surface area contributed by atoms with Crippen molar-refractivity contribution in [1.29, 1.82) is 0 Å². The number of halogens is 3. The normalized spacial score (nSPS) is 23.0. The highest BCUT2D eigenvalue weighted by Crippen LogP contribution is 2.44. The predicted molar refractivity (Wildman–Crippen MR) is 159 cm³/mol. The third-order valence-electron chi connectivity index (χ3n) is 9.55. The van der Waals surface area contributed by atoms with Crippen LogP contribution in [-0.4, -0.2) is 102 Å². The van der Waals surface area contributed by atoms with Crippen LogP contribution in [0.1, 0.15) is 47.7 Å². The zero-order valence-corrected chi connectivity index (χ0v) is 24.9. The third-order valence-corrected chi connectivity index (χ3v) is 9.55. The maximum atomic E-state index is 14.4. The van der Waals surface area contributed by atoms with Crippen LogP contribution in [-0.2, 0) is 22.3 Å². The van der Waals surface area contributed by atoms with Gasteiger partial charge in [-0.2, -0.15) is 18.3 Å². The van der Waals surface area contributed by atoms with Gasteiger partial charge in [0.2, 0.25) is 5.91 Å². The zero-order valence-electron chi connectivity index (χ0n) is 24.9. The van der Waals surface area contributed by atoms with E-state index in [4.69, 9.17) is 4.74 Å². The molecule has 0 unspecified atom stereocenters. The van der Waals surface area contributed by atoms with E-state index in [0.29, 0.717) is 63.8 Å². The van der Waals surface area contributed by atoms with Crippen molar-refractivity contribution >= 4 is 23.5 Å². The highest BCUT2D eigenvalue weighted by molar-refractivity contribution is 5.87. The number of ether oxygens (including phenoxy) is 1. The van der Waals surface area contributed by atoms with Crippen LogP contribution in [0.2, 0.25) is 0 Å². The first kappa shape index (κ1) is 29.7. The summed E-state index contributed by atoms with van der Waals surface area (Å²) >= 11 is 0. The molecule has 3 saturated heterocycles. The minimum absolute atomic E-state index is 0.0585. The molecule has 12 heteroatoms. The van der Waals surface area contributed by atoms with Gasteiger partial charge >= 0.3 is 6.18 Å². The monoisotopic (exact) mass is 599 g/mol. The fourth-order valence-electron chi connectivity index (χ4n) is 7.24. The summed E-state index contributed by atoms with van der Waals surface area (Å²) in [5.41, 5.74) is 2.29. The topological polar surface area (TPSA) is 70.0 Å². The highest BCUT2D eigenvalue weighted by atomic mass is 19.4. The molecular formula is C31H40F3N7O2. The van der Waals surface area contributed by atoms with Crippen LogP contribution in [0.4, 0.5) is 24.7 Å². The fourth-order valence-corrected chi connectivity index (χ4v) is 7.24. The number of fused-ring (bicyclic) bond motifs is 3. The lowest BCUT2D eigenvalue weighted by Crippen LogP contribution is -2.69. The molecule has 2 aromatic rings. The Morgan fingerprint density at radius 2 is 1.88 bits per heavy atom. The van der Waals surface area contributed by atoms with Crippen molar-refractivity contribution in [3.05, 3.63) is 53.5 Å². The quantitative estimate of drug-likeness (QED) is 0.447. The minimum Gasteiger partial charge on any atom is -0.383 e. The number of nitrogens with zero attached hydrogens (tertiary/aromatic N) is 7. The van der Waals surface area contributed by atoms with E-state index >= 15 is 0 Å². The average molecular weight is 600 g/mol. The highest BCUT2D eigenvalue weighted by Gasteiger charge is 2.46. The number of hydrogen-bond acceptors (Lipinski definition) is 7. The van der Waals surface area contributed by atoms with Gasteiger partial charge in [0.25, 0.3) is 0 Å². The molecule has 2 atom stereocenters. The number of alkyl halides is 3. The summed E-state index contributed by atoms with van der Waals surface area (Å²) in [4.78, 5) is 24.6. The standard InChI is InChI=1S/C31H40F3N7O2/c1-4-28(42)39-14-12-37(13-15-39)26-20-40-24(26)7-5-6-23-25(40)18-27(36-30(23)31(32,33)34)38-10-8-22(9-11-38)29-21(2)19-35-41(29)16-17-43-3/h4-6,18-19,22,24,26H,1,7-17,20H2,2-3H3/t24-,26-/m0/s1. The van der Waals surface area contributed by atoms with Crippen molar-refractivity contribution in [3.63, 3.8) is 0 Å². The maximum absolute atomic E-state index is 14.4. The van der Waals surface area contributed by atoms with E-state index < -0.39 is 11.9 Å². The third kappa shape index (κ3) is 5.66. The Morgan fingerprint density at radius 3 is 2.56 bits per heavy atom. The molecule has 0 aromatic carbocycles. The van der Waals surface area contributed by atoms with Crippen molar-refractivity contribution in [2.75, 3.05) is 69.3 Å². The molecule has 0 radical (unpaired) electrons. The van der Waals surface area contributed by atoms with Crippen LogP contribution in [0, 0.1) is 6.92 Å². The number of methoxy groups -OCH3 is 1. The van der Waals surface area contributed by atoms with E-state index in [1.54, 1.807) is 18.1 Å². The van der Waals surface area contributed by atoms with Crippen LogP contribution in [0.5, 0.6) is 0 Å². The van der Waals surface area contributed by atoms with Gasteiger partial charge in [0, 0.05) is 88.2 Å². The Hall–Kier alpha value is -3.38. The van der Waals surface area contributed by atoms with Gasteiger partial charge < -0.3 is 19.4 Å². The summed E-state index contributed by atoms with van der Waals surface area (Å²) in [5.74, 6) is 0.615. The van der Waals surface area contributed by atoms with Crippen molar-refractivity contribution in [3.8, 4) is 0 Å². The summed E-state index contributed by atoms with van der Waals surface area (Å²) in [6.07, 6.45) is 4.43. The maximum Gasteiger partial charge on any atom is 0.434 e. The first-order valence-corrected chi connectivity index (χ1v) is 15.2. The van der Waals surface area contributed by atoms with Crippen molar-refractivity contribution in [1.82, 2.24) is 24.6 Å². The van der Waals surface area contributed by atoms with Crippen LogP contribution < -0.4 is 9.80 Å². The van der Waals surface area contributed by atoms with Gasteiger partial charge in [-0.1, -0.05) is 18.7 Å². The van der Waals surface area contributed by atoms with Crippen molar-refractivity contribution < 1.29 is 22.7 Å². The number of pyridine rings is 1. The smallest absolute Gasteiger partial charge is 0.383 e. The van der Waals surface area contributed by atoms with Gasteiger partial charge in [0.1, 0.15) is 5.82 Å². The molecule has 4 aliphatic rings. The SMILES string of the molecule is C=CC(=O)N1CCN([C@H]2CN3c4cc(N5CCC(c6c(C)cnn6CCOC)CC5)nc(C(F)(F)F)c4C=CC[C@@H]23)CC1. The Kier molecular flexibility index (Phi) is 8.25. The molecule has 6 heterocycles. The largest absolute Gasteiger partial charge is 0.434 e. The molecule has 232 valence electrons. The Bertz CT molecular complexity index is 1370. The van der Waals surface area contributed by atoms with Gasteiger partial charge in [0.05, 0.1) is 25.0 Å². The summed E-state index contributed by atoms with van der Waals surface area (Å²) in [6.45, 7) is 11.6. The van der Waals surface area contributed by atoms with Gasteiger partial charge in [-0.3, -0.25) is 14.4 Å². The number of amides is 1. The molecule has 43 heavy (non-hydrogen) atoms. The predicted octanol–water partition coefficient (Wildman–Crippen LogP) is 3.94. The van der Waals surface area contributed by atoms with E-state index in [1.807, 2.05) is 27.9 Å². The number of piperazine rings is 1. The molecule has 0 N–H and O–H groups in total. The molecule has 4 aliphatic heterocycles. The molecule has 1 amide bonds. The Labute approximate surface area is 250 Å². The van der Waals surface area contributed by atoms with E-state index in [9.17, 15) is 18.0 Å². The number of aryl methyl sites for hydroxylation is 1. The number of carbonyl (C=O) groups is 1. The molecule has 2 aromatic heterocycles. The summed E-state index contributed by atoms with van der Waals surface area (Å²) in [7, 11) is 1.67. The first-order valence-electron chi connectivity index (χ1n) is 15.2. The second-order valence-electron chi connectivity index (χ2n) is 11.9. The first-order chi connectivity index (χ1) is 20.7. The van der Waals surface area contributed by atoms with Crippen LogP contribution >= 0.6 is 0 Å². The van der Waals surface area contributed by atoms with Crippen LogP contribution in [0.25, 0.3) is 6.08 Å². The van der Waals surface area contributed by atoms with Crippen molar-refractivity contribution in [2.45, 2.75) is 56.9 Å². The number of anilines is 2. The molecule has 0 aliphatic carbocycles. The van der Waals surface area contributed by atoms with Crippen LogP contribution in [0.15, 0.2) is 31.0 Å². The Balaban J connectivity index is 1.21. The minimum atomic E-state index is -4.56. The van der Waals surface area contributed by atoms with Gasteiger partial charge in [-0.05, 0) is 37.8 Å². The Morgan fingerprint density at radius 1 is 1.14 bits per heavy atom. The van der Waals surface area contributed by atoms with Crippen molar-refractivity contribution in [2.24, 2.45) is 0 Å². The summed E-state index contributed by atoms with van der Waals surface area (Å²) < 4.78 is 50.6. The fraction of sp³-hybridized carbons (Fsp3) is 0.581.